The number of aromatic nitrogens is 4. The van der Waals surface area contributed by atoms with Gasteiger partial charge in [0.15, 0.2) is 17.5 Å². The summed E-state index contributed by atoms with van der Waals surface area (Å²) in [6, 6.07) is 77.5. The van der Waals surface area contributed by atoms with E-state index in [-0.39, 0.29) is 0 Å². The van der Waals surface area contributed by atoms with Gasteiger partial charge in [0.05, 0.1) is 22.5 Å². The molecule has 0 saturated heterocycles. The predicted octanol–water partition coefficient (Wildman–Crippen LogP) is 13.7. The second kappa shape index (κ2) is 14.5. The molecule has 0 N–H and O–H groups in total. The molecule has 5 heteroatoms. The van der Waals surface area contributed by atoms with Crippen molar-refractivity contribution in [1.29, 1.82) is 0 Å². The molecule has 0 saturated carbocycles. The van der Waals surface area contributed by atoms with Gasteiger partial charge in [-0.25, -0.2) is 15.0 Å². The van der Waals surface area contributed by atoms with Crippen molar-refractivity contribution < 1.29 is 0 Å². The second-order valence-electron chi connectivity index (χ2n) is 15.8. The first-order valence-electron chi connectivity index (χ1n) is 21.0. The number of hydrogen-bond acceptors (Lipinski definition) is 5. The minimum Gasteiger partial charge on any atom is -0.310 e. The standard InChI is InChI=1S/C57H37N5/c1-3-17-38(18-4-1)54-59-55(61-56(60-54)43-22-16-20-41(36-43)51-30-13-14-34-58-51)42-21-15-19-39(35-42)40-32-33-50-53(37-40)62(44-23-5-2-6-24-44)52-31-12-11-29-49(52)57(50)47-27-9-7-25-45(47)46-26-8-10-28-48(46)57/h1-37H. The van der Waals surface area contributed by atoms with Gasteiger partial charge in [-0.2, -0.15) is 0 Å². The van der Waals surface area contributed by atoms with Gasteiger partial charge in [0.1, 0.15) is 0 Å². The monoisotopic (exact) mass is 791 g/mol. The lowest BCUT2D eigenvalue weighted by Crippen LogP contribution is -2.36. The average Bonchev–Trinajstić information content (AvgIpc) is 3.65. The Labute approximate surface area is 360 Å². The van der Waals surface area contributed by atoms with E-state index in [1.54, 1.807) is 0 Å². The lowest BCUT2D eigenvalue weighted by molar-refractivity contribution is 0.753. The molecular weight excluding hydrogens is 755 g/mol. The highest BCUT2D eigenvalue weighted by atomic mass is 15.2. The van der Waals surface area contributed by atoms with E-state index in [0.29, 0.717) is 17.5 Å². The normalized spacial score (nSPS) is 12.9. The highest BCUT2D eigenvalue weighted by Gasteiger charge is 2.51. The Morgan fingerprint density at radius 1 is 0.323 bits per heavy atom. The summed E-state index contributed by atoms with van der Waals surface area (Å²) in [7, 11) is 0. The fourth-order valence-electron chi connectivity index (χ4n) is 9.68. The molecule has 0 fully saturated rings. The van der Waals surface area contributed by atoms with Crippen LogP contribution in [0.25, 0.3) is 67.7 Å². The van der Waals surface area contributed by atoms with Crippen molar-refractivity contribution in [3.63, 3.8) is 0 Å². The van der Waals surface area contributed by atoms with Crippen molar-refractivity contribution in [2.75, 3.05) is 4.90 Å². The molecule has 8 aromatic carbocycles. The van der Waals surface area contributed by atoms with Crippen molar-refractivity contribution in [3.8, 4) is 67.7 Å². The van der Waals surface area contributed by atoms with Crippen LogP contribution in [0.1, 0.15) is 22.3 Å². The molecule has 0 radical (unpaired) electrons. The Morgan fingerprint density at radius 2 is 0.823 bits per heavy atom. The number of anilines is 3. The Hall–Kier alpha value is -8.28. The summed E-state index contributed by atoms with van der Waals surface area (Å²) in [6.45, 7) is 0. The number of fused-ring (bicyclic) bond motifs is 9. The molecule has 5 nitrogen and oxygen atoms in total. The highest BCUT2D eigenvalue weighted by Crippen LogP contribution is 2.63. The maximum atomic E-state index is 5.16. The maximum absolute atomic E-state index is 5.16. The molecule has 0 bridgehead atoms. The van der Waals surface area contributed by atoms with Crippen LogP contribution in [0.3, 0.4) is 0 Å². The van der Waals surface area contributed by atoms with Crippen LogP contribution in [0, 0.1) is 0 Å². The minimum atomic E-state index is -0.506. The molecule has 2 aromatic heterocycles. The van der Waals surface area contributed by atoms with Gasteiger partial charge in [-0.3, -0.25) is 4.98 Å². The van der Waals surface area contributed by atoms with Crippen LogP contribution in [-0.4, -0.2) is 19.9 Å². The number of pyridine rings is 1. The Kier molecular flexibility index (Phi) is 8.32. The lowest BCUT2D eigenvalue weighted by atomic mass is 9.64. The van der Waals surface area contributed by atoms with Crippen molar-refractivity contribution in [2.45, 2.75) is 5.41 Å². The van der Waals surface area contributed by atoms with E-state index in [0.717, 1.165) is 50.4 Å². The first kappa shape index (κ1) is 35.6. The summed E-state index contributed by atoms with van der Waals surface area (Å²) in [5.74, 6) is 1.83. The van der Waals surface area contributed by atoms with Gasteiger partial charge in [-0.15, -0.1) is 0 Å². The van der Waals surface area contributed by atoms with Gasteiger partial charge < -0.3 is 4.90 Å². The minimum absolute atomic E-state index is 0.506. The van der Waals surface area contributed by atoms with E-state index in [2.05, 4.69) is 174 Å². The van der Waals surface area contributed by atoms with Gasteiger partial charge in [0.25, 0.3) is 0 Å². The van der Waals surface area contributed by atoms with Crippen molar-refractivity contribution >= 4 is 17.1 Å². The van der Waals surface area contributed by atoms with Crippen molar-refractivity contribution in [2.24, 2.45) is 0 Å². The lowest BCUT2D eigenvalue weighted by Gasteiger charge is -2.45. The highest BCUT2D eigenvalue weighted by molar-refractivity contribution is 5.97. The van der Waals surface area contributed by atoms with Crippen LogP contribution in [0.2, 0.25) is 0 Å². The van der Waals surface area contributed by atoms with E-state index in [9.17, 15) is 0 Å². The van der Waals surface area contributed by atoms with Crippen LogP contribution in [0.15, 0.2) is 225 Å². The van der Waals surface area contributed by atoms with Gasteiger partial charge in [0, 0.05) is 34.1 Å². The Balaban J connectivity index is 1.04. The number of rotatable bonds is 6. The van der Waals surface area contributed by atoms with Crippen LogP contribution in [-0.2, 0) is 5.41 Å². The number of nitrogens with zero attached hydrogens (tertiary/aromatic N) is 5. The Morgan fingerprint density at radius 3 is 1.50 bits per heavy atom. The third-order valence-electron chi connectivity index (χ3n) is 12.4. The topological polar surface area (TPSA) is 54.8 Å². The van der Waals surface area contributed by atoms with Crippen LogP contribution < -0.4 is 4.90 Å². The SMILES string of the molecule is c1ccc(-c2nc(-c3cccc(-c4ccc5c(c4)N(c4ccccc4)c4ccccc4C54c5ccccc5-c5ccccc54)c3)nc(-c3cccc(-c4ccccn4)c3)n2)cc1. The van der Waals surface area contributed by atoms with E-state index >= 15 is 0 Å². The average molecular weight is 792 g/mol. The first-order chi connectivity index (χ1) is 30.7. The van der Waals surface area contributed by atoms with Crippen LogP contribution >= 0.6 is 0 Å². The molecule has 0 atom stereocenters. The van der Waals surface area contributed by atoms with Gasteiger partial charge >= 0.3 is 0 Å². The zero-order chi connectivity index (χ0) is 41.0. The van der Waals surface area contributed by atoms with Gasteiger partial charge in [-0.05, 0) is 93.0 Å². The van der Waals surface area contributed by atoms with E-state index < -0.39 is 5.41 Å². The molecule has 2 aliphatic rings. The first-order valence-corrected chi connectivity index (χ1v) is 21.0. The van der Waals surface area contributed by atoms with Gasteiger partial charge in [-0.1, -0.05) is 170 Å². The predicted molar refractivity (Wildman–Crippen MR) is 250 cm³/mol. The molecule has 1 aliphatic carbocycles. The van der Waals surface area contributed by atoms with E-state index in [4.69, 9.17) is 15.0 Å². The van der Waals surface area contributed by atoms with E-state index in [1.165, 1.54) is 39.1 Å². The summed E-state index contributed by atoms with van der Waals surface area (Å²) in [5.41, 5.74) is 17.4. The molecular formula is C57H37N5. The number of benzene rings is 8. The third kappa shape index (κ3) is 5.63. The number of para-hydroxylation sites is 2. The van der Waals surface area contributed by atoms with Crippen molar-refractivity contribution in [3.05, 3.63) is 247 Å². The third-order valence-corrected chi connectivity index (χ3v) is 12.4. The molecule has 1 spiro atoms. The summed E-state index contributed by atoms with van der Waals surface area (Å²) in [5, 5.41) is 0. The maximum Gasteiger partial charge on any atom is 0.164 e. The Bertz CT molecular complexity index is 3260. The molecule has 290 valence electrons. The van der Waals surface area contributed by atoms with E-state index in [1.807, 2.05) is 60.8 Å². The zero-order valence-electron chi connectivity index (χ0n) is 33.6. The molecule has 0 unspecified atom stereocenters. The molecule has 3 heterocycles. The molecule has 62 heavy (non-hydrogen) atoms. The van der Waals surface area contributed by atoms with Crippen LogP contribution in [0.4, 0.5) is 17.1 Å². The van der Waals surface area contributed by atoms with Crippen LogP contribution in [0.5, 0.6) is 0 Å². The smallest absolute Gasteiger partial charge is 0.164 e. The molecule has 10 aromatic rings. The molecule has 12 rings (SSSR count). The quantitative estimate of drug-likeness (QED) is 0.168. The summed E-state index contributed by atoms with van der Waals surface area (Å²) in [4.78, 5) is 22.3. The zero-order valence-corrected chi connectivity index (χ0v) is 33.6. The molecule has 1 aliphatic heterocycles. The second-order valence-corrected chi connectivity index (χ2v) is 15.8. The summed E-state index contributed by atoms with van der Waals surface area (Å²) < 4.78 is 0. The molecule has 0 amide bonds. The largest absolute Gasteiger partial charge is 0.310 e. The summed E-state index contributed by atoms with van der Waals surface area (Å²) in [6.07, 6.45) is 1.81. The fourth-order valence-corrected chi connectivity index (χ4v) is 9.68. The summed E-state index contributed by atoms with van der Waals surface area (Å²) >= 11 is 0. The van der Waals surface area contributed by atoms with Gasteiger partial charge in [0.2, 0.25) is 0 Å². The number of hydrogen-bond donors (Lipinski definition) is 0. The van der Waals surface area contributed by atoms with Crippen molar-refractivity contribution in [1.82, 2.24) is 19.9 Å². The fraction of sp³-hybridized carbons (Fsp3) is 0.0175.